The highest BCUT2D eigenvalue weighted by atomic mass is 35.5. The second-order valence-electron chi connectivity index (χ2n) is 7.10. The zero-order valence-corrected chi connectivity index (χ0v) is 18.7. The molecular weight excluding hydrogens is 444 g/mol. The number of anilines is 1. The normalized spacial score (nSPS) is 16.7. The highest BCUT2D eigenvalue weighted by molar-refractivity contribution is 7.92. The summed E-state index contributed by atoms with van der Waals surface area (Å²) in [5, 5.41) is 4.21. The van der Waals surface area contributed by atoms with E-state index < -0.39 is 10.0 Å². The number of hydrogen-bond acceptors (Lipinski definition) is 5. The van der Waals surface area contributed by atoms with Gasteiger partial charge < -0.3 is 10.1 Å². The second-order valence-corrected chi connectivity index (χ2v) is 10.6. The molecule has 6 nitrogen and oxygen atoms in total. The smallest absolute Gasteiger partial charge is 0.264 e. The van der Waals surface area contributed by atoms with Gasteiger partial charge in [0.25, 0.3) is 15.9 Å². The van der Waals surface area contributed by atoms with Gasteiger partial charge in [-0.05, 0) is 66.8 Å². The number of ether oxygens (including phenoxy) is 1. The van der Waals surface area contributed by atoms with Gasteiger partial charge in [0.2, 0.25) is 0 Å². The van der Waals surface area contributed by atoms with Gasteiger partial charge in [-0.1, -0.05) is 11.6 Å². The predicted molar refractivity (Wildman–Crippen MR) is 120 cm³/mol. The summed E-state index contributed by atoms with van der Waals surface area (Å²) in [6, 6.07) is 13.2. The molecular formula is C21H21ClN2O4S2. The van der Waals surface area contributed by atoms with Crippen LogP contribution in [-0.2, 0) is 14.8 Å². The predicted octanol–water partition coefficient (Wildman–Crippen LogP) is 4.29. The number of carbonyl (C=O) groups excluding carboxylic acids is 1. The van der Waals surface area contributed by atoms with Gasteiger partial charge in [-0.3, -0.25) is 9.10 Å². The number of benzene rings is 2. The maximum absolute atomic E-state index is 12.9. The van der Waals surface area contributed by atoms with Crippen molar-refractivity contribution in [1.82, 2.24) is 5.32 Å². The van der Waals surface area contributed by atoms with Crippen LogP contribution >= 0.6 is 22.9 Å². The minimum Gasteiger partial charge on any atom is -0.376 e. The van der Waals surface area contributed by atoms with Crippen molar-refractivity contribution in [3.8, 4) is 0 Å². The lowest BCUT2D eigenvalue weighted by Crippen LogP contribution is -2.31. The molecule has 3 aromatic rings. The van der Waals surface area contributed by atoms with Gasteiger partial charge in [0.1, 0.15) is 0 Å². The van der Waals surface area contributed by atoms with Crippen LogP contribution in [0.25, 0.3) is 10.1 Å². The molecule has 9 heteroatoms. The molecule has 1 aliphatic heterocycles. The van der Waals surface area contributed by atoms with Crippen molar-refractivity contribution in [1.29, 1.82) is 0 Å². The van der Waals surface area contributed by atoms with E-state index in [0.717, 1.165) is 29.5 Å². The molecule has 1 amide bonds. The van der Waals surface area contributed by atoms with Crippen molar-refractivity contribution in [2.45, 2.75) is 23.8 Å². The number of fused-ring (bicyclic) bond motifs is 1. The molecule has 1 N–H and O–H groups in total. The molecule has 1 aliphatic rings. The number of carbonyl (C=O) groups is 1. The number of sulfonamides is 1. The van der Waals surface area contributed by atoms with Gasteiger partial charge in [-0.2, -0.15) is 0 Å². The second kappa shape index (κ2) is 8.55. The van der Waals surface area contributed by atoms with E-state index in [1.165, 1.54) is 34.8 Å². The minimum absolute atomic E-state index is 0.0849. The molecule has 1 atom stereocenters. The summed E-state index contributed by atoms with van der Waals surface area (Å²) < 4.78 is 33.5. The summed E-state index contributed by atoms with van der Waals surface area (Å²) in [5.74, 6) is -0.143. The Kier molecular flexibility index (Phi) is 6.02. The molecule has 0 bridgehead atoms. The van der Waals surface area contributed by atoms with E-state index in [9.17, 15) is 13.2 Å². The van der Waals surface area contributed by atoms with Gasteiger partial charge >= 0.3 is 0 Å². The number of nitrogens with one attached hydrogen (secondary N) is 1. The largest absolute Gasteiger partial charge is 0.376 e. The average molecular weight is 465 g/mol. The van der Waals surface area contributed by atoms with Crippen LogP contribution in [0.15, 0.2) is 53.4 Å². The first-order valence-corrected chi connectivity index (χ1v) is 12.2. The number of halogens is 1. The van der Waals surface area contributed by atoms with E-state index in [0.29, 0.717) is 22.1 Å². The first-order chi connectivity index (χ1) is 14.3. The fourth-order valence-corrected chi connectivity index (χ4v) is 5.61. The van der Waals surface area contributed by atoms with Crippen molar-refractivity contribution in [3.05, 3.63) is 58.4 Å². The maximum atomic E-state index is 12.9. The molecule has 1 saturated heterocycles. The van der Waals surface area contributed by atoms with E-state index >= 15 is 0 Å². The third-order valence-electron chi connectivity index (χ3n) is 5.07. The standard InChI is InChI=1S/C21H21ClN2O4S2/c1-24(30(26,27)18-7-4-15(22)5-8-18)16-6-9-19-14(11-16)12-20(29-19)21(25)23-13-17-3-2-10-28-17/h4-9,11-12,17H,2-3,10,13H2,1H3,(H,23,25)/t17-/m1/s1. The van der Waals surface area contributed by atoms with Gasteiger partial charge in [-0.15, -0.1) is 11.3 Å². The zero-order valence-electron chi connectivity index (χ0n) is 16.3. The molecule has 1 fully saturated rings. The lowest BCUT2D eigenvalue weighted by atomic mass is 10.2. The van der Waals surface area contributed by atoms with Crippen LogP contribution in [0.1, 0.15) is 22.5 Å². The van der Waals surface area contributed by atoms with Crippen molar-refractivity contribution >= 4 is 54.6 Å². The lowest BCUT2D eigenvalue weighted by molar-refractivity contribution is 0.0861. The van der Waals surface area contributed by atoms with E-state index in [1.807, 2.05) is 6.07 Å². The Bertz CT molecular complexity index is 1170. The quantitative estimate of drug-likeness (QED) is 0.590. The molecule has 4 rings (SSSR count). The summed E-state index contributed by atoms with van der Waals surface area (Å²) in [6.07, 6.45) is 2.07. The van der Waals surface area contributed by atoms with E-state index in [-0.39, 0.29) is 16.9 Å². The summed E-state index contributed by atoms with van der Waals surface area (Å²) >= 11 is 7.24. The minimum atomic E-state index is -3.72. The molecule has 0 radical (unpaired) electrons. The number of nitrogens with zero attached hydrogens (tertiary/aromatic N) is 1. The summed E-state index contributed by atoms with van der Waals surface area (Å²) in [5.41, 5.74) is 0.515. The van der Waals surface area contributed by atoms with Gasteiger partial charge in [0.15, 0.2) is 0 Å². The number of hydrogen-bond donors (Lipinski definition) is 1. The van der Waals surface area contributed by atoms with E-state index in [4.69, 9.17) is 16.3 Å². The van der Waals surface area contributed by atoms with Crippen molar-refractivity contribution in [2.24, 2.45) is 0 Å². The van der Waals surface area contributed by atoms with Crippen LogP contribution in [0.3, 0.4) is 0 Å². The molecule has 0 unspecified atom stereocenters. The average Bonchev–Trinajstić information content (AvgIpc) is 3.40. The maximum Gasteiger partial charge on any atom is 0.264 e. The first kappa shape index (κ1) is 21.1. The van der Waals surface area contributed by atoms with Crippen molar-refractivity contribution in [3.63, 3.8) is 0 Å². The summed E-state index contributed by atoms with van der Waals surface area (Å²) in [7, 11) is -2.21. The lowest BCUT2D eigenvalue weighted by Gasteiger charge is -2.19. The molecule has 0 spiro atoms. The SMILES string of the molecule is CN(c1ccc2sc(C(=O)NC[C@H]3CCCO3)cc2c1)S(=O)(=O)c1ccc(Cl)cc1. The zero-order chi connectivity index (χ0) is 21.3. The molecule has 2 aromatic carbocycles. The van der Waals surface area contributed by atoms with Crippen LogP contribution < -0.4 is 9.62 Å². The Labute approximate surface area is 184 Å². The highest BCUT2D eigenvalue weighted by Crippen LogP contribution is 2.31. The molecule has 30 heavy (non-hydrogen) atoms. The summed E-state index contributed by atoms with van der Waals surface area (Å²) in [6.45, 7) is 1.25. The third-order valence-corrected chi connectivity index (χ3v) is 8.24. The topological polar surface area (TPSA) is 75.7 Å². The number of rotatable bonds is 6. The van der Waals surface area contributed by atoms with Crippen molar-refractivity contribution < 1.29 is 17.9 Å². The molecule has 0 saturated carbocycles. The van der Waals surface area contributed by atoms with E-state index in [1.54, 1.807) is 30.3 Å². The first-order valence-electron chi connectivity index (χ1n) is 9.52. The van der Waals surface area contributed by atoms with Gasteiger partial charge in [0.05, 0.1) is 21.6 Å². The Balaban J connectivity index is 1.54. The Hall–Kier alpha value is -2.13. The third kappa shape index (κ3) is 4.32. The van der Waals surface area contributed by atoms with Crippen LogP contribution in [0.4, 0.5) is 5.69 Å². The van der Waals surface area contributed by atoms with Gasteiger partial charge in [-0.25, -0.2) is 8.42 Å². The Morgan fingerprint density at radius 3 is 2.70 bits per heavy atom. The van der Waals surface area contributed by atoms with Crippen LogP contribution in [0, 0.1) is 0 Å². The highest BCUT2D eigenvalue weighted by Gasteiger charge is 2.22. The van der Waals surface area contributed by atoms with Crippen LogP contribution in [-0.4, -0.2) is 40.6 Å². The van der Waals surface area contributed by atoms with E-state index in [2.05, 4.69) is 5.32 Å². The van der Waals surface area contributed by atoms with Crippen LogP contribution in [0.2, 0.25) is 5.02 Å². The summed E-state index contributed by atoms with van der Waals surface area (Å²) in [4.78, 5) is 13.2. The number of thiophene rings is 1. The fourth-order valence-electron chi connectivity index (χ4n) is 3.34. The number of amides is 1. The fraction of sp³-hybridized carbons (Fsp3) is 0.286. The van der Waals surface area contributed by atoms with Crippen LogP contribution in [0.5, 0.6) is 0 Å². The molecule has 158 valence electrons. The molecule has 1 aromatic heterocycles. The Morgan fingerprint density at radius 1 is 1.23 bits per heavy atom. The van der Waals surface area contributed by atoms with Crippen molar-refractivity contribution in [2.75, 3.05) is 24.5 Å². The molecule has 2 heterocycles. The molecule has 0 aliphatic carbocycles. The monoisotopic (exact) mass is 464 g/mol. The van der Waals surface area contributed by atoms with Gasteiger partial charge in [0, 0.05) is 29.9 Å². The Morgan fingerprint density at radius 2 is 2.00 bits per heavy atom.